The summed E-state index contributed by atoms with van der Waals surface area (Å²) < 4.78 is 14.7. The average molecular weight is 256 g/mol. The second-order valence-electron chi connectivity index (χ2n) is 3.35. The van der Waals surface area contributed by atoms with E-state index in [1.807, 2.05) is 0 Å². The van der Waals surface area contributed by atoms with Gasteiger partial charge < -0.3 is 0 Å². The first-order valence-corrected chi connectivity index (χ1v) is 5.05. The van der Waals surface area contributed by atoms with Gasteiger partial charge in [-0.15, -0.1) is 0 Å². The Kier molecular flexibility index (Phi) is 3.06. The van der Waals surface area contributed by atoms with Crippen molar-refractivity contribution in [3.05, 3.63) is 57.1 Å². The number of nitro groups is 1. The maximum Gasteiger partial charge on any atom is 0.307 e. The van der Waals surface area contributed by atoms with E-state index in [1.165, 1.54) is 23.0 Å². The summed E-state index contributed by atoms with van der Waals surface area (Å²) in [5.41, 5.74) is 0.115. The molecule has 0 aliphatic carbocycles. The molecule has 88 valence electrons. The molecule has 7 heteroatoms. The molecule has 17 heavy (non-hydrogen) atoms. The lowest BCUT2D eigenvalue weighted by Gasteiger charge is -2.05. The van der Waals surface area contributed by atoms with E-state index in [2.05, 4.69) is 5.10 Å². The van der Waals surface area contributed by atoms with Gasteiger partial charge in [-0.1, -0.05) is 17.7 Å². The molecule has 1 aromatic heterocycles. The lowest BCUT2D eigenvalue weighted by molar-refractivity contribution is -0.385. The van der Waals surface area contributed by atoms with Gasteiger partial charge in [0.15, 0.2) is 0 Å². The standard InChI is InChI=1S/C10H7ClFN3O2/c11-9-2-1-3-10(12)8(9)6-14-5-7(4-13-14)15(16)17/h1-5H,6H2. The molecule has 0 saturated carbocycles. The highest BCUT2D eigenvalue weighted by Gasteiger charge is 2.12. The van der Waals surface area contributed by atoms with Crippen molar-refractivity contribution in [1.29, 1.82) is 0 Å². The zero-order valence-electron chi connectivity index (χ0n) is 8.51. The van der Waals surface area contributed by atoms with E-state index >= 15 is 0 Å². The minimum absolute atomic E-state index is 0.0549. The first kappa shape index (κ1) is 11.5. The van der Waals surface area contributed by atoms with E-state index in [1.54, 1.807) is 6.07 Å². The van der Waals surface area contributed by atoms with E-state index in [-0.39, 0.29) is 22.8 Å². The molecule has 0 amide bonds. The van der Waals surface area contributed by atoms with Crippen LogP contribution in [0.4, 0.5) is 10.1 Å². The van der Waals surface area contributed by atoms with Crippen molar-refractivity contribution in [3.63, 3.8) is 0 Å². The summed E-state index contributed by atoms with van der Waals surface area (Å²) in [6.45, 7) is 0.0549. The molecular weight excluding hydrogens is 249 g/mol. The van der Waals surface area contributed by atoms with Crippen LogP contribution in [0.2, 0.25) is 5.02 Å². The van der Waals surface area contributed by atoms with Crippen LogP contribution < -0.4 is 0 Å². The summed E-state index contributed by atoms with van der Waals surface area (Å²) in [4.78, 5) is 9.89. The monoisotopic (exact) mass is 255 g/mol. The van der Waals surface area contributed by atoms with Crippen LogP contribution in [0.15, 0.2) is 30.6 Å². The molecule has 5 nitrogen and oxygen atoms in total. The molecule has 0 atom stereocenters. The summed E-state index contributed by atoms with van der Waals surface area (Å²) in [5.74, 6) is -0.462. The number of hydrogen-bond donors (Lipinski definition) is 0. The molecule has 0 unspecified atom stereocenters. The van der Waals surface area contributed by atoms with Crippen LogP contribution in [0.1, 0.15) is 5.56 Å². The number of halogens is 2. The molecule has 0 aliphatic heterocycles. The van der Waals surface area contributed by atoms with E-state index < -0.39 is 10.7 Å². The Bertz CT molecular complexity index is 550. The third kappa shape index (κ3) is 2.42. The maximum atomic E-state index is 13.4. The van der Waals surface area contributed by atoms with Gasteiger partial charge in [0, 0.05) is 10.6 Å². The molecule has 0 fully saturated rings. The van der Waals surface area contributed by atoms with E-state index in [4.69, 9.17) is 11.6 Å². The summed E-state index contributed by atoms with van der Waals surface area (Å²) >= 11 is 5.83. The van der Waals surface area contributed by atoms with Crippen LogP contribution >= 0.6 is 11.6 Å². The molecular formula is C10H7ClFN3O2. The summed E-state index contributed by atoms with van der Waals surface area (Å²) in [7, 11) is 0. The van der Waals surface area contributed by atoms with Crippen LogP contribution in [0.25, 0.3) is 0 Å². The van der Waals surface area contributed by atoms with Crippen molar-refractivity contribution in [3.8, 4) is 0 Å². The van der Waals surface area contributed by atoms with Gasteiger partial charge in [-0.2, -0.15) is 5.10 Å². The smallest absolute Gasteiger partial charge is 0.261 e. The zero-order valence-corrected chi connectivity index (χ0v) is 9.26. The van der Waals surface area contributed by atoms with Gasteiger partial charge in [-0.3, -0.25) is 14.8 Å². The summed E-state index contributed by atoms with van der Waals surface area (Å²) in [6, 6.07) is 4.32. The fraction of sp³-hybridized carbons (Fsp3) is 0.100. The van der Waals surface area contributed by atoms with Gasteiger partial charge >= 0.3 is 5.69 Å². The molecule has 0 aliphatic rings. The lowest BCUT2D eigenvalue weighted by Crippen LogP contribution is -2.03. The topological polar surface area (TPSA) is 61.0 Å². The van der Waals surface area contributed by atoms with Crippen molar-refractivity contribution >= 4 is 17.3 Å². The van der Waals surface area contributed by atoms with Crippen molar-refractivity contribution in [2.24, 2.45) is 0 Å². The van der Waals surface area contributed by atoms with Crippen LogP contribution in [-0.4, -0.2) is 14.7 Å². The molecule has 0 spiro atoms. The maximum absolute atomic E-state index is 13.4. The predicted molar refractivity (Wildman–Crippen MR) is 59.4 cm³/mol. The first-order valence-electron chi connectivity index (χ1n) is 4.67. The fourth-order valence-corrected chi connectivity index (χ4v) is 1.60. The highest BCUT2D eigenvalue weighted by atomic mass is 35.5. The van der Waals surface area contributed by atoms with Gasteiger partial charge in [-0.25, -0.2) is 4.39 Å². The average Bonchev–Trinajstić information content (AvgIpc) is 2.72. The highest BCUT2D eigenvalue weighted by molar-refractivity contribution is 6.31. The Hall–Kier alpha value is -1.95. The molecule has 0 bridgehead atoms. The van der Waals surface area contributed by atoms with Gasteiger partial charge in [0.2, 0.25) is 0 Å². The van der Waals surface area contributed by atoms with Gasteiger partial charge in [0.1, 0.15) is 18.2 Å². The molecule has 1 heterocycles. The molecule has 1 aromatic carbocycles. The van der Waals surface area contributed by atoms with Gasteiger partial charge in [0.05, 0.1) is 11.5 Å². The third-order valence-corrected chi connectivity index (χ3v) is 2.57. The SMILES string of the molecule is O=[N+]([O-])c1cnn(Cc2c(F)cccc2Cl)c1. The second-order valence-corrected chi connectivity index (χ2v) is 3.76. The van der Waals surface area contributed by atoms with Crippen molar-refractivity contribution < 1.29 is 9.31 Å². The minimum Gasteiger partial charge on any atom is -0.261 e. The largest absolute Gasteiger partial charge is 0.307 e. The molecule has 0 saturated heterocycles. The Labute approximate surface area is 101 Å². The van der Waals surface area contributed by atoms with Crippen LogP contribution in [-0.2, 0) is 6.54 Å². The van der Waals surface area contributed by atoms with Crippen molar-refractivity contribution in [1.82, 2.24) is 9.78 Å². The fourth-order valence-electron chi connectivity index (χ4n) is 1.38. The van der Waals surface area contributed by atoms with Crippen molar-refractivity contribution in [2.75, 3.05) is 0 Å². The van der Waals surface area contributed by atoms with Crippen LogP contribution in [0, 0.1) is 15.9 Å². The van der Waals surface area contributed by atoms with Gasteiger partial charge in [-0.05, 0) is 12.1 Å². The normalized spacial score (nSPS) is 10.5. The summed E-state index contributed by atoms with van der Waals surface area (Å²) in [5, 5.41) is 14.5. The second kappa shape index (κ2) is 4.50. The van der Waals surface area contributed by atoms with E-state index in [9.17, 15) is 14.5 Å². The Morgan fingerprint density at radius 1 is 1.53 bits per heavy atom. The van der Waals surface area contributed by atoms with Crippen molar-refractivity contribution in [2.45, 2.75) is 6.54 Å². The van der Waals surface area contributed by atoms with Crippen LogP contribution in [0.5, 0.6) is 0 Å². The highest BCUT2D eigenvalue weighted by Crippen LogP contribution is 2.20. The Balaban J connectivity index is 2.28. The van der Waals surface area contributed by atoms with E-state index in [0.29, 0.717) is 0 Å². The zero-order chi connectivity index (χ0) is 12.4. The lowest BCUT2D eigenvalue weighted by atomic mass is 10.2. The number of aromatic nitrogens is 2. The molecule has 0 radical (unpaired) electrons. The Morgan fingerprint density at radius 2 is 2.29 bits per heavy atom. The number of nitrogens with zero attached hydrogens (tertiary/aromatic N) is 3. The minimum atomic E-state index is -0.563. The quantitative estimate of drug-likeness (QED) is 0.626. The summed E-state index contributed by atoms with van der Waals surface area (Å²) in [6.07, 6.45) is 2.33. The van der Waals surface area contributed by atoms with Gasteiger partial charge in [0.25, 0.3) is 0 Å². The number of rotatable bonds is 3. The molecule has 2 aromatic rings. The Morgan fingerprint density at radius 3 is 2.88 bits per heavy atom. The number of hydrogen-bond acceptors (Lipinski definition) is 3. The first-order chi connectivity index (χ1) is 8.08. The third-order valence-electron chi connectivity index (χ3n) is 2.21. The predicted octanol–water partition coefficient (Wildman–Crippen LogP) is 2.63. The number of benzene rings is 1. The molecule has 0 N–H and O–H groups in total. The van der Waals surface area contributed by atoms with E-state index in [0.717, 1.165) is 6.20 Å². The van der Waals surface area contributed by atoms with Crippen LogP contribution in [0.3, 0.4) is 0 Å². The molecule has 2 rings (SSSR count).